The fraction of sp³-hybridized carbons (Fsp3) is 0. The highest BCUT2D eigenvalue weighted by molar-refractivity contribution is 5.89. The van der Waals surface area contributed by atoms with Crippen LogP contribution in [0.1, 0.15) is 10.4 Å². The molecular formula is C22H16N2O2. The predicted molar refractivity (Wildman–Crippen MR) is 102 cm³/mol. The van der Waals surface area contributed by atoms with Gasteiger partial charge in [-0.2, -0.15) is 0 Å². The zero-order valence-electron chi connectivity index (χ0n) is 13.9. The molecule has 0 bridgehead atoms. The summed E-state index contributed by atoms with van der Waals surface area (Å²) < 4.78 is 0. The van der Waals surface area contributed by atoms with Gasteiger partial charge in [0.2, 0.25) is 0 Å². The lowest BCUT2D eigenvalue weighted by molar-refractivity contribution is 0.0697. The summed E-state index contributed by atoms with van der Waals surface area (Å²) in [4.78, 5) is 18.7. The van der Waals surface area contributed by atoms with E-state index in [0.29, 0.717) is 0 Å². The van der Waals surface area contributed by atoms with Crippen LogP contribution in [-0.2, 0) is 0 Å². The van der Waals surface area contributed by atoms with Crippen LogP contribution in [0.4, 0.5) is 0 Å². The number of carboxylic acid groups (broad SMARTS) is 1. The Morgan fingerprint density at radius 1 is 0.808 bits per heavy atom. The SMILES string of the molecule is O=C(O)c1ccc(-c2cc(-c3ccncc3)c(-c3ccccc3)[nH]2)cc1. The molecule has 0 saturated heterocycles. The Balaban J connectivity index is 1.85. The number of rotatable bonds is 4. The second-order valence-corrected chi connectivity index (χ2v) is 5.96. The maximum atomic E-state index is 11.1. The molecule has 2 aromatic carbocycles. The van der Waals surface area contributed by atoms with Crippen molar-refractivity contribution in [1.82, 2.24) is 9.97 Å². The molecule has 0 unspecified atom stereocenters. The van der Waals surface area contributed by atoms with E-state index in [4.69, 9.17) is 5.11 Å². The molecular weight excluding hydrogens is 324 g/mol. The fourth-order valence-electron chi connectivity index (χ4n) is 2.99. The summed E-state index contributed by atoms with van der Waals surface area (Å²) >= 11 is 0. The van der Waals surface area contributed by atoms with E-state index in [0.717, 1.165) is 33.6 Å². The Hall–Kier alpha value is -3.66. The monoisotopic (exact) mass is 340 g/mol. The van der Waals surface area contributed by atoms with Gasteiger partial charge in [0.15, 0.2) is 0 Å². The molecule has 0 amide bonds. The number of nitrogens with one attached hydrogen (secondary N) is 1. The van der Waals surface area contributed by atoms with Gasteiger partial charge in [-0.15, -0.1) is 0 Å². The third kappa shape index (κ3) is 3.00. The molecule has 126 valence electrons. The summed E-state index contributed by atoms with van der Waals surface area (Å²) in [6.45, 7) is 0. The van der Waals surface area contributed by atoms with Crippen molar-refractivity contribution in [3.8, 4) is 33.6 Å². The number of aromatic amines is 1. The molecule has 0 radical (unpaired) electrons. The predicted octanol–water partition coefficient (Wildman–Crippen LogP) is 5.11. The quantitative estimate of drug-likeness (QED) is 0.542. The molecule has 0 aliphatic rings. The minimum Gasteiger partial charge on any atom is -0.478 e. The molecule has 4 heteroatoms. The number of benzene rings is 2. The van der Waals surface area contributed by atoms with Gasteiger partial charge in [0, 0.05) is 23.7 Å². The van der Waals surface area contributed by atoms with Gasteiger partial charge in [0.25, 0.3) is 0 Å². The van der Waals surface area contributed by atoms with Gasteiger partial charge in [-0.05, 0) is 47.0 Å². The highest BCUT2D eigenvalue weighted by Gasteiger charge is 2.13. The van der Waals surface area contributed by atoms with E-state index in [-0.39, 0.29) is 5.56 Å². The van der Waals surface area contributed by atoms with Crippen molar-refractivity contribution in [2.45, 2.75) is 0 Å². The number of carbonyl (C=O) groups is 1. The maximum Gasteiger partial charge on any atom is 0.335 e. The Labute approximate surface area is 150 Å². The summed E-state index contributed by atoms with van der Waals surface area (Å²) in [6, 6.07) is 23.1. The maximum absolute atomic E-state index is 11.1. The summed E-state index contributed by atoms with van der Waals surface area (Å²) in [6.07, 6.45) is 3.55. The molecule has 0 saturated carbocycles. The minimum absolute atomic E-state index is 0.276. The average molecular weight is 340 g/mol. The van der Waals surface area contributed by atoms with Gasteiger partial charge in [0.05, 0.1) is 11.3 Å². The summed E-state index contributed by atoms with van der Waals surface area (Å²) in [7, 11) is 0. The first-order valence-electron chi connectivity index (χ1n) is 8.25. The van der Waals surface area contributed by atoms with E-state index in [1.807, 2.05) is 42.5 Å². The van der Waals surface area contributed by atoms with Gasteiger partial charge in [-0.25, -0.2) is 4.79 Å². The molecule has 2 heterocycles. The van der Waals surface area contributed by atoms with Crippen molar-refractivity contribution in [3.63, 3.8) is 0 Å². The lowest BCUT2D eigenvalue weighted by atomic mass is 10.0. The van der Waals surface area contributed by atoms with Crippen molar-refractivity contribution in [1.29, 1.82) is 0 Å². The number of aromatic carboxylic acids is 1. The van der Waals surface area contributed by atoms with E-state index in [2.05, 4.69) is 28.2 Å². The van der Waals surface area contributed by atoms with Crippen LogP contribution >= 0.6 is 0 Å². The first-order valence-corrected chi connectivity index (χ1v) is 8.25. The Morgan fingerprint density at radius 3 is 2.15 bits per heavy atom. The van der Waals surface area contributed by atoms with Crippen LogP contribution in [0, 0.1) is 0 Å². The highest BCUT2D eigenvalue weighted by Crippen LogP contribution is 2.35. The van der Waals surface area contributed by atoms with Crippen molar-refractivity contribution in [2.75, 3.05) is 0 Å². The molecule has 0 atom stereocenters. The van der Waals surface area contributed by atoms with E-state index < -0.39 is 5.97 Å². The number of H-pyrrole nitrogens is 1. The van der Waals surface area contributed by atoms with Gasteiger partial charge in [-0.3, -0.25) is 4.98 Å². The van der Waals surface area contributed by atoms with E-state index in [1.54, 1.807) is 24.5 Å². The largest absolute Gasteiger partial charge is 0.478 e. The van der Waals surface area contributed by atoms with E-state index >= 15 is 0 Å². The van der Waals surface area contributed by atoms with Crippen LogP contribution in [-0.4, -0.2) is 21.0 Å². The summed E-state index contributed by atoms with van der Waals surface area (Å²) in [5, 5.41) is 9.08. The smallest absolute Gasteiger partial charge is 0.335 e. The van der Waals surface area contributed by atoms with Crippen LogP contribution in [0.3, 0.4) is 0 Å². The molecule has 0 spiro atoms. The number of nitrogens with zero attached hydrogens (tertiary/aromatic N) is 1. The first kappa shape index (κ1) is 15.8. The number of pyridine rings is 1. The molecule has 0 aliphatic carbocycles. The highest BCUT2D eigenvalue weighted by atomic mass is 16.4. The molecule has 2 N–H and O–H groups in total. The van der Waals surface area contributed by atoms with Gasteiger partial charge in [0.1, 0.15) is 0 Å². The van der Waals surface area contributed by atoms with Crippen LogP contribution in [0.25, 0.3) is 33.6 Å². The third-order valence-electron chi connectivity index (χ3n) is 4.31. The topological polar surface area (TPSA) is 66.0 Å². The van der Waals surface area contributed by atoms with Crippen molar-refractivity contribution < 1.29 is 9.90 Å². The molecule has 0 aliphatic heterocycles. The van der Waals surface area contributed by atoms with Crippen LogP contribution < -0.4 is 0 Å². The van der Waals surface area contributed by atoms with Gasteiger partial charge >= 0.3 is 5.97 Å². The number of aromatic nitrogens is 2. The van der Waals surface area contributed by atoms with Crippen molar-refractivity contribution >= 4 is 5.97 Å². The molecule has 4 rings (SSSR count). The number of carboxylic acids is 1. The Bertz CT molecular complexity index is 980. The standard InChI is InChI=1S/C22H16N2O2/c25-22(26)18-8-6-16(7-9-18)20-14-19(15-10-12-23-13-11-15)21(24-20)17-4-2-1-3-5-17/h1-14,24H,(H,25,26). The molecule has 0 fully saturated rings. The molecule has 4 nitrogen and oxygen atoms in total. The van der Waals surface area contributed by atoms with E-state index in [1.165, 1.54) is 0 Å². The van der Waals surface area contributed by atoms with Gasteiger partial charge < -0.3 is 10.1 Å². The lowest BCUT2D eigenvalue weighted by Gasteiger charge is -2.04. The second-order valence-electron chi connectivity index (χ2n) is 5.96. The third-order valence-corrected chi connectivity index (χ3v) is 4.31. The number of hydrogen-bond donors (Lipinski definition) is 2. The average Bonchev–Trinajstić information content (AvgIpc) is 3.15. The van der Waals surface area contributed by atoms with E-state index in [9.17, 15) is 4.79 Å². The summed E-state index contributed by atoms with van der Waals surface area (Å²) in [5.41, 5.74) is 6.42. The van der Waals surface area contributed by atoms with Crippen LogP contribution in [0.2, 0.25) is 0 Å². The first-order chi connectivity index (χ1) is 12.7. The zero-order chi connectivity index (χ0) is 17.9. The molecule has 26 heavy (non-hydrogen) atoms. The minimum atomic E-state index is -0.925. The number of hydrogen-bond acceptors (Lipinski definition) is 2. The Morgan fingerprint density at radius 2 is 1.50 bits per heavy atom. The fourth-order valence-corrected chi connectivity index (χ4v) is 2.99. The lowest BCUT2D eigenvalue weighted by Crippen LogP contribution is -1.94. The van der Waals surface area contributed by atoms with Crippen LogP contribution in [0.15, 0.2) is 85.2 Å². The molecule has 4 aromatic rings. The van der Waals surface area contributed by atoms with Gasteiger partial charge in [-0.1, -0.05) is 42.5 Å². The van der Waals surface area contributed by atoms with Crippen LogP contribution in [0.5, 0.6) is 0 Å². The van der Waals surface area contributed by atoms with Crippen molar-refractivity contribution in [2.24, 2.45) is 0 Å². The Kier molecular flexibility index (Phi) is 4.07. The summed E-state index contributed by atoms with van der Waals surface area (Å²) in [5.74, 6) is -0.925. The molecule has 2 aromatic heterocycles. The normalized spacial score (nSPS) is 10.6. The zero-order valence-corrected chi connectivity index (χ0v) is 13.9. The second kappa shape index (κ2) is 6.69. The van der Waals surface area contributed by atoms with Crippen molar-refractivity contribution in [3.05, 3.63) is 90.8 Å².